The van der Waals surface area contributed by atoms with Crippen LogP contribution in [-0.2, 0) is 4.79 Å². The van der Waals surface area contributed by atoms with Crippen LogP contribution in [0, 0.1) is 5.92 Å². The van der Waals surface area contributed by atoms with Crippen molar-refractivity contribution >= 4 is 17.7 Å². The normalized spacial score (nSPS) is 27.6. The number of allylic oxidation sites excluding steroid dienone is 1. The molecule has 2 rings (SSSR count). The highest BCUT2D eigenvalue weighted by atomic mass is 35.5. The lowest BCUT2D eigenvalue weighted by atomic mass is 9.95. The average molecular weight is 198 g/mol. The molecule has 0 aliphatic heterocycles. The molecule has 2 bridgehead atoms. The van der Waals surface area contributed by atoms with Gasteiger partial charge in [-0.2, -0.15) is 4.99 Å². The monoisotopic (exact) mass is 197 g/mol. The van der Waals surface area contributed by atoms with Gasteiger partial charge in [0, 0.05) is 5.88 Å². The van der Waals surface area contributed by atoms with Crippen molar-refractivity contribution in [1.29, 1.82) is 0 Å². The Morgan fingerprint density at radius 1 is 1.62 bits per heavy atom. The molecule has 0 N–H and O–H groups in total. The molecule has 0 aromatic carbocycles. The quantitative estimate of drug-likeness (QED) is 0.296. The first-order chi connectivity index (χ1) is 6.35. The van der Waals surface area contributed by atoms with Crippen molar-refractivity contribution in [3.8, 4) is 0 Å². The first-order valence-electron chi connectivity index (χ1n) is 4.69. The number of halogens is 1. The SMILES string of the molecule is O=C=NC(CCl)C1=C2CCC(C2)C1. The summed E-state index contributed by atoms with van der Waals surface area (Å²) in [6.45, 7) is 0. The fourth-order valence-corrected chi connectivity index (χ4v) is 2.75. The summed E-state index contributed by atoms with van der Waals surface area (Å²) in [5, 5.41) is 0. The van der Waals surface area contributed by atoms with Crippen LogP contribution in [-0.4, -0.2) is 18.0 Å². The molecule has 1 fully saturated rings. The van der Waals surface area contributed by atoms with Gasteiger partial charge in [-0.25, -0.2) is 4.79 Å². The number of hydrogen-bond acceptors (Lipinski definition) is 2. The van der Waals surface area contributed by atoms with Crippen LogP contribution in [0.5, 0.6) is 0 Å². The zero-order valence-electron chi connectivity index (χ0n) is 7.42. The molecule has 2 unspecified atom stereocenters. The first-order valence-corrected chi connectivity index (χ1v) is 5.22. The van der Waals surface area contributed by atoms with E-state index in [4.69, 9.17) is 11.6 Å². The van der Waals surface area contributed by atoms with E-state index in [9.17, 15) is 4.79 Å². The molecule has 13 heavy (non-hydrogen) atoms. The van der Waals surface area contributed by atoms with Crippen molar-refractivity contribution < 1.29 is 4.79 Å². The largest absolute Gasteiger partial charge is 0.235 e. The molecule has 70 valence electrons. The molecular weight excluding hydrogens is 186 g/mol. The Labute approximate surface area is 82.7 Å². The van der Waals surface area contributed by atoms with Gasteiger partial charge in [-0.3, -0.25) is 0 Å². The van der Waals surface area contributed by atoms with E-state index in [1.54, 1.807) is 6.08 Å². The summed E-state index contributed by atoms with van der Waals surface area (Å²) in [5.74, 6) is 1.23. The van der Waals surface area contributed by atoms with E-state index in [-0.39, 0.29) is 6.04 Å². The van der Waals surface area contributed by atoms with Gasteiger partial charge in [0.2, 0.25) is 6.08 Å². The summed E-state index contributed by atoms with van der Waals surface area (Å²) in [7, 11) is 0. The lowest BCUT2D eigenvalue weighted by Crippen LogP contribution is -2.12. The molecular formula is C10H12ClNO. The fraction of sp³-hybridized carbons (Fsp3) is 0.700. The number of aliphatic imine (C=N–C) groups is 1. The third kappa shape index (κ3) is 1.56. The molecule has 0 heterocycles. The Morgan fingerprint density at radius 3 is 2.92 bits per heavy atom. The maximum Gasteiger partial charge on any atom is 0.235 e. The molecule has 0 radical (unpaired) electrons. The molecule has 2 atom stereocenters. The molecule has 0 aromatic rings. The van der Waals surface area contributed by atoms with Gasteiger partial charge in [0.25, 0.3) is 0 Å². The van der Waals surface area contributed by atoms with Crippen molar-refractivity contribution in [3.63, 3.8) is 0 Å². The van der Waals surface area contributed by atoms with E-state index < -0.39 is 0 Å². The fourth-order valence-electron chi connectivity index (χ4n) is 2.49. The number of rotatable bonds is 3. The van der Waals surface area contributed by atoms with Crippen molar-refractivity contribution in [2.75, 3.05) is 5.88 Å². The molecule has 0 aromatic heterocycles. The van der Waals surface area contributed by atoms with Crippen LogP contribution in [0.15, 0.2) is 16.1 Å². The van der Waals surface area contributed by atoms with Crippen LogP contribution in [0.2, 0.25) is 0 Å². The predicted octanol–water partition coefficient (Wildman–Crippen LogP) is 2.43. The average Bonchev–Trinajstić information content (AvgIpc) is 2.74. The molecule has 2 aliphatic rings. The highest BCUT2D eigenvalue weighted by Crippen LogP contribution is 2.45. The standard InChI is InChI=1S/C10H12ClNO/c11-5-10(12-6-13)9-4-7-1-2-8(9)3-7/h7,10H,1-5H2. The summed E-state index contributed by atoms with van der Waals surface area (Å²) >= 11 is 5.76. The molecule has 3 heteroatoms. The number of nitrogens with zero attached hydrogens (tertiary/aromatic N) is 1. The van der Waals surface area contributed by atoms with Gasteiger partial charge >= 0.3 is 0 Å². The van der Waals surface area contributed by atoms with E-state index in [1.807, 2.05) is 0 Å². The van der Waals surface area contributed by atoms with E-state index in [1.165, 1.54) is 30.4 Å². The summed E-state index contributed by atoms with van der Waals surface area (Å²) in [6, 6.07) is -0.0838. The molecule has 0 saturated heterocycles. The smallest absolute Gasteiger partial charge is 0.211 e. The third-order valence-corrected chi connectivity index (χ3v) is 3.40. The van der Waals surface area contributed by atoms with Gasteiger partial charge in [0.05, 0.1) is 6.04 Å². The number of isocyanates is 1. The number of carbonyl (C=O) groups excluding carboxylic acids is 1. The molecule has 0 spiro atoms. The number of fused-ring (bicyclic) bond motifs is 2. The Balaban J connectivity index is 2.19. The zero-order valence-corrected chi connectivity index (χ0v) is 8.18. The van der Waals surface area contributed by atoms with Crippen molar-refractivity contribution in [2.45, 2.75) is 31.7 Å². The summed E-state index contributed by atoms with van der Waals surface area (Å²) in [5.41, 5.74) is 2.84. The molecule has 2 aliphatic carbocycles. The minimum absolute atomic E-state index is 0.0838. The van der Waals surface area contributed by atoms with Gasteiger partial charge in [0.1, 0.15) is 0 Å². The topological polar surface area (TPSA) is 29.4 Å². The second kappa shape index (κ2) is 3.65. The predicted molar refractivity (Wildman–Crippen MR) is 51.6 cm³/mol. The van der Waals surface area contributed by atoms with Crippen LogP contribution in [0.4, 0.5) is 0 Å². The second-order valence-electron chi connectivity index (χ2n) is 3.83. The van der Waals surface area contributed by atoms with E-state index in [2.05, 4.69) is 4.99 Å². The minimum atomic E-state index is -0.0838. The lowest BCUT2D eigenvalue weighted by molar-refractivity contribution is 0.541. The minimum Gasteiger partial charge on any atom is -0.211 e. The summed E-state index contributed by atoms with van der Waals surface area (Å²) in [6.07, 6.45) is 6.45. The maximum atomic E-state index is 10.2. The zero-order chi connectivity index (χ0) is 9.26. The van der Waals surface area contributed by atoms with Crippen LogP contribution in [0.1, 0.15) is 25.7 Å². The van der Waals surface area contributed by atoms with Crippen molar-refractivity contribution in [3.05, 3.63) is 11.1 Å². The number of hydrogen-bond donors (Lipinski definition) is 0. The van der Waals surface area contributed by atoms with Crippen LogP contribution in [0.3, 0.4) is 0 Å². The Bertz CT molecular complexity index is 291. The lowest BCUT2D eigenvalue weighted by Gasteiger charge is -2.15. The van der Waals surface area contributed by atoms with Gasteiger partial charge in [-0.05, 0) is 37.2 Å². The van der Waals surface area contributed by atoms with Gasteiger partial charge in [0.15, 0.2) is 0 Å². The van der Waals surface area contributed by atoms with E-state index >= 15 is 0 Å². The highest BCUT2D eigenvalue weighted by molar-refractivity contribution is 6.18. The van der Waals surface area contributed by atoms with Crippen LogP contribution in [0.25, 0.3) is 0 Å². The summed E-state index contributed by atoms with van der Waals surface area (Å²) in [4.78, 5) is 13.9. The second-order valence-corrected chi connectivity index (χ2v) is 4.14. The van der Waals surface area contributed by atoms with Crippen LogP contribution >= 0.6 is 11.6 Å². The Kier molecular flexibility index (Phi) is 2.52. The Hall–Kier alpha value is -0.590. The van der Waals surface area contributed by atoms with Gasteiger partial charge < -0.3 is 0 Å². The molecule has 1 saturated carbocycles. The van der Waals surface area contributed by atoms with Crippen molar-refractivity contribution in [1.82, 2.24) is 0 Å². The van der Waals surface area contributed by atoms with Crippen molar-refractivity contribution in [2.24, 2.45) is 10.9 Å². The van der Waals surface area contributed by atoms with E-state index in [0.29, 0.717) is 5.88 Å². The van der Waals surface area contributed by atoms with E-state index in [0.717, 1.165) is 12.3 Å². The Morgan fingerprint density at radius 2 is 2.46 bits per heavy atom. The first kappa shape index (κ1) is 8.98. The number of alkyl halides is 1. The van der Waals surface area contributed by atoms with Crippen LogP contribution < -0.4 is 0 Å². The maximum absolute atomic E-state index is 10.2. The van der Waals surface area contributed by atoms with Gasteiger partial charge in [-0.1, -0.05) is 5.57 Å². The molecule has 0 amide bonds. The van der Waals surface area contributed by atoms with Gasteiger partial charge in [-0.15, -0.1) is 11.6 Å². The molecule has 2 nitrogen and oxygen atoms in total. The summed E-state index contributed by atoms with van der Waals surface area (Å²) < 4.78 is 0. The third-order valence-electron chi connectivity index (χ3n) is 3.11. The highest BCUT2D eigenvalue weighted by Gasteiger charge is 2.33.